The number of esters is 1. The van der Waals surface area contributed by atoms with E-state index in [0.29, 0.717) is 11.5 Å². The Morgan fingerprint density at radius 2 is 1.69 bits per heavy atom. The van der Waals surface area contributed by atoms with Gasteiger partial charge in [-0.2, -0.15) is 0 Å². The molecule has 0 saturated carbocycles. The number of benzene rings is 2. The maximum atomic E-state index is 13.2. The number of rotatable bonds is 9. The first-order valence-corrected chi connectivity index (χ1v) is 10.0. The standard InChI is InChI=1S/C19H23O6P/c1-4-22-19(20)16(3)24-26(21,25-18-8-6-5-7-9-18)14-23-17-12-10-15(2)11-13-17/h5-13,16H,4,14H2,1-3H3/t16-,26?/m0/s1. The maximum absolute atomic E-state index is 13.2. The van der Waals surface area contributed by atoms with Crippen molar-refractivity contribution in [3.63, 3.8) is 0 Å². The molecule has 2 rings (SSSR count). The van der Waals surface area contributed by atoms with Gasteiger partial charge in [-0.1, -0.05) is 35.9 Å². The summed E-state index contributed by atoms with van der Waals surface area (Å²) in [5.41, 5.74) is 1.08. The van der Waals surface area contributed by atoms with Gasteiger partial charge in [-0.3, -0.25) is 4.52 Å². The third-order valence-corrected chi connectivity index (χ3v) is 4.91. The summed E-state index contributed by atoms with van der Waals surface area (Å²) >= 11 is 0. The van der Waals surface area contributed by atoms with Crippen LogP contribution in [0.4, 0.5) is 0 Å². The molecule has 0 spiro atoms. The molecule has 0 bridgehead atoms. The SMILES string of the molecule is CCOC(=O)[C@H](C)OP(=O)(COc1ccc(C)cc1)Oc1ccccc1. The van der Waals surface area contributed by atoms with Gasteiger partial charge in [0, 0.05) is 0 Å². The highest BCUT2D eigenvalue weighted by atomic mass is 31.2. The zero-order chi connectivity index (χ0) is 19.0. The monoisotopic (exact) mass is 378 g/mol. The summed E-state index contributed by atoms with van der Waals surface area (Å²) in [5, 5.41) is 0. The average Bonchev–Trinajstić information content (AvgIpc) is 2.62. The zero-order valence-electron chi connectivity index (χ0n) is 15.1. The summed E-state index contributed by atoms with van der Waals surface area (Å²) < 4.78 is 34.6. The lowest BCUT2D eigenvalue weighted by molar-refractivity contribution is -0.150. The van der Waals surface area contributed by atoms with Gasteiger partial charge < -0.3 is 14.0 Å². The number of hydrogen-bond acceptors (Lipinski definition) is 6. The lowest BCUT2D eigenvalue weighted by atomic mass is 10.2. The Balaban J connectivity index is 2.12. The summed E-state index contributed by atoms with van der Waals surface area (Å²) in [5.74, 6) is 0.277. The summed E-state index contributed by atoms with van der Waals surface area (Å²) in [6, 6.07) is 15.9. The van der Waals surface area contributed by atoms with E-state index in [4.69, 9.17) is 18.5 Å². The normalized spacial score (nSPS) is 14.1. The summed E-state index contributed by atoms with van der Waals surface area (Å²) in [7, 11) is -3.78. The Labute approximate surface area is 153 Å². The second-order valence-corrected chi connectivity index (χ2v) is 7.47. The van der Waals surface area contributed by atoms with Crippen LogP contribution in [0.1, 0.15) is 19.4 Å². The third kappa shape index (κ3) is 6.21. The lowest BCUT2D eigenvalue weighted by Gasteiger charge is -2.22. The van der Waals surface area contributed by atoms with Crippen LogP contribution in [0.5, 0.6) is 11.5 Å². The van der Waals surface area contributed by atoms with E-state index in [9.17, 15) is 9.36 Å². The average molecular weight is 378 g/mol. The Hall–Kier alpha value is -2.30. The molecule has 140 valence electrons. The number of carbonyl (C=O) groups excluding carboxylic acids is 1. The molecule has 2 aromatic rings. The predicted molar refractivity (Wildman–Crippen MR) is 98.5 cm³/mol. The molecule has 0 heterocycles. The second kappa shape index (κ2) is 9.41. The van der Waals surface area contributed by atoms with Crippen LogP contribution in [-0.4, -0.2) is 25.0 Å². The van der Waals surface area contributed by atoms with E-state index >= 15 is 0 Å². The fraction of sp³-hybridized carbons (Fsp3) is 0.316. The molecule has 0 amide bonds. The minimum Gasteiger partial charge on any atom is -0.480 e. The van der Waals surface area contributed by atoms with Gasteiger partial charge in [-0.05, 0) is 45.0 Å². The molecule has 7 heteroatoms. The molecule has 0 aliphatic heterocycles. The molecule has 26 heavy (non-hydrogen) atoms. The van der Waals surface area contributed by atoms with E-state index in [0.717, 1.165) is 5.56 Å². The van der Waals surface area contributed by atoms with Gasteiger partial charge in [0.1, 0.15) is 11.5 Å². The Kier molecular flexibility index (Phi) is 7.25. The molecule has 0 aromatic heterocycles. The Morgan fingerprint density at radius 1 is 1.04 bits per heavy atom. The van der Waals surface area contributed by atoms with Gasteiger partial charge in [0.25, 0.3) is 0 Å². The van der Waals surface area contributed by atoms with E-state index in [1.54, 1.807) is 43.3 Å². The molecule has 0 aliphatic carbocycles. The van der Waals surface area contributed by atoms with E-state index in [-0.39, 0.29) is 13.0 Å². The summed E-state index contributed by atoms with van der Waals surface area (Å²) in [4.78, 5) is 11.8. The number of hydrogen-bond donors (Lipinski definition) is 0. The lowest BCUT2D eigenvalue weighted by Crippen LogP contribution is -2.24. The van der Waals surface area contributed by atoms with E-state index in [1.807, 2.05) is 25.1 Å². The smallest absolute Gasteiger partial charge is 0.417 e. The summed E-state index contributed by atoms with van der Waals surface area (Å²) in [6.07, 6.45) is -1.39. The first-order valence-electron chi connectivity index (χ1n) is 8.30. The fourth-order valence-corrected chi connectivity index (χ4v) is 3.53. The van der Waals surface area contributed by atoms with Crippen molar-refractivity contribution < 1.29 is 27.9 Å². The highest BCUT2D eigenvalue weighted by Gasteiger charge is 2.33. The molecule has 2 aromatic carbocycles. The molecule has 0 saturated heterocycles. The minimum absolute atomic E-state index is 0.205. The van der Waals surface area contributed by atoms with Crippen molar-refractivity contribution in [2.45, 2.75) is 26.9 Å². The van der Waals surface area contributed by atoms with Crippen LogP contribution in [0.15, 0.2) is 54.6 Å². The molecule has 6 nitrogen and oxygen atoms in total. The first-order chi connectivity index (χ1) is 12.4. The Morgan fingerprint density at radius 3 is 2.31 bits per heavy atom. The van der Waals surface area contributed by atoms with E-state index in [1.165, 1.54) is 6.92 Å². The predicted octanol–water partition coefficient (Wildman–Crippen LogP) is 4.57. The van der Waals surface area contributed by atoms with E-state index < -0.39 is 19.7 Å². The molecular formula is C19H23O6P. The topological polar surface area (TPSA) is 71.1 Å². The maximum Gasteiger partial charge on any atom is 0.417 e. The van der Waals surface area contributed by atoms with Crippen molar-refractivity contribution in [1.82, 2.24) is 0 Å². The fourth-order valence-electron chi connectivity index (χ4n) is 2.05. The molecule has 1 unspecified atom stereocenters. The molecule has 2 atom stereocenters. The van der Waals surface area contributed by atoms with Crippen LogP contribution in [0.2, 0.25) is 0 Å². The third-order valence-electron chi connectivity index (χ3n) is 3.34. The summed E-state index contributed by atoms with van der Waals surface area (Å²) in [6.45, 7) is 5.31. The molecule has 0 fully saturated rings. The molecule has 0 radical (unpaired) electrons. The second-order valence-electron chi connectivity index (χ2n) is 5.60. The van der Waals surface area contributed by atoms with Crippen molar-refractivity contribution >= 4 is 13.6 Å². The van der Waals surface area contributed by atoms with E-state index in [2.05, 4.69) is 0 Å². The van der Waals surface area contributed by atoms with Gasteiger partial charge in [-0.15, -0.1) is 0 Å². The van der Waals surface area contributed by atoms with Crippen molar-refractivity contribution in [2.75, 3.05) is 13.0 Å². The zero-order valence-corrected chi connectivity index (χ0v) is 16.0. The largest absolute Gasteiger partial charge is 0.480 e. The van der Waals surface area contributed by atoms with Crippen molar-refractivity contribution in [1.29, 1.82) is 0 Å². The van der Waals surface area contributed by atoms with Crippen LogP contribution >= 0.6 is 7.60 Å². The number of para-hydroxylation sites is 1. The first kappa shape index (κ1) is 20.0. The highest BCUT2D eigenvalue weighted by molar-refractivity contribution is 7.54. The quantitative estimate of drug-likeness (QED) is 0.470. The van der Waals surface area contributed by atoms with Gasteiger partial charge >= 0.3 is 13.6 Å². The van der Waals surface area contributed by atoms with Crippen LogP contribution in [0.25, 0.3) is 0 Å². The number of aryl methyl sites for hydroxylation is 1. The van der Waals surface area contributed by atoms with Gasteiger partial charge in [0.05, 0.1) is 6.61 Å². The number of carbonyl (C=O) groups is 1. The van der Waals surface area contributed by atoms with Crippen LogP contribution in [0, 0.1) is 6.92 Å². The minimum atomic E-state index is -3.78. The van der Waals surface area contributed by atoms with Crippen molar-refractivity contribution in [3.05, 3.63) is 60.2 Å². The van der Waals surface area contributed by atoms with Crippen LogP contribution < -0.4 is 9.26 Å². The van der Waals surface area contributed by atoms with Gasteiger partial charge in [0.15, 0.2) is 6.10 Å². The highest BCUT2D eigenvalue weighted by Crippen LogP contribution is 2.49. The van der Waals surface area contributed by atoms with Crippen LogP contribution in [0.3, 0.4) is 0 Å². The van der Waals surface area contributed by atoms with Crippen molar-refractivity contribution in [2.24, 2.45) is 0 Å². The van der Waals surface area contributed by atoms with Crippen LogP contribution in [-0.2, 0) is 18.6 Å². The van der Waals surface area contributed by atoms with Gasteiger partial charge in [0.2, 0.25) is 6.35 Å². The number of ether oxygens (including phenoxy) is 2. The van der Waals surface area contributed by atoms with Crippen molar-refractivity contribution in [3.8, 4) is 11.5 Å². The molecular weight excluding hydrogens is 355 g/mol. The Bertz CT molecular complexity index is 744. The van der Waals surface area contributed by atoms with Gasteiger partial charge in [-0.25, -0.2) is 9.36 Å². The molecule has 0 aliphatic rings. The molecule has 0 N–H and O–H groups in total.